The molecular weight excluding hydrogens is 331 g/mol. The summed E-state index contributed by atoms with van der Waals surface area (Å²) in [7, 11) is -0.849. The molecule has 0 aliphatic heterocycles. The third-order valence-electron chi connectivity index (χ3n) is 2.64. The maximum Gasteiger partial charge on any atom is 0.331 e. The zero-order chi connectivity index (χ0) is 17.9. The van der Waals surface area contributed by atoms with Gasteiger partial charge in [-0.3, -0.25) is 9.36 Å². The second kappa shape index (κ2) is 11.3. The van der Waals surface area contributed by atoms with Gasteiger partial charge in [0, 0.05) is 20.3 Å². The smallest absolute Gasteiger partial charge is 0.331 e. The van der Waals surface area contributed by atoms with Gasteiger partial charge in [-0.1, -0.05) is 13.5 Å². The van der Waals surface area contributed by atoms with E-state index >= 15 is 0 Å². The van der Waals surface area contributed by atoms with Gasteiger partial charge in [-0.25, -0.2) is 4.79 Å². The Morgan fingerprint density at radius 1 is 1.22 bits per heavy atom. The molecule has 0 fully saturated rings. The second-order valence-electron chi connectivity index (χ2n) is 4.50. The minimum atomic E-state index is -3.31. The summed E-state index contributed by atoms with van der Waals surface area (Å²) < 4.78 is 35.7. The molecule has 0 heterocycles. The van der Waals surface area contributed by atoms with E-state index in [0.717, 1.165) is 6.08 Å². The second-order valence-corrected chi connectivity index (χ2v) is 6.82. The number of aliphatic hydroxyl groups excluding tert-OH is 1. The molecule has 0 rings (SSSR count). The normalized spacial score (nSPS) is 13.9. The highest BCUT2D eigenvalue weighted by Crippen LogP contribution is 2.47. The summed E-state index contributed by atoms with van der Waals surface area (Å²) in [6.45, 7) is 3.85. The number of carbonyl (C=O) groups is 2. The first-order valence-corrected chi connectivity index (χ1v) is 8.43. The zero-order valence-electron chi connectivity index (χ0n) is 13.4. The zero-order valence-corrected chi connectivity index (χ0v) is 14.3. The molecular formula is C13H23O9P. The Hall–Kier alpha value is -1.25. The van der Waals surface area contributed by atoms with Crippen molar-refractivity contribution in [2.24, 2.45) is 5.92 Å². The van der Waals surface area contributed by atoms with Gasteiger partial charge in [0.25, 0.3) is 0 Å². The fourth-order valence-corrected chi connectivity index (χ4v) is 2.61. The summed E-state index contributed by atoms with van der Waals surface area (Å²) in [5, 5.41) is 9.44. The molecule has 0 saturated carbocycles. The molecule has 1 N–H and O–H groups in total. The van der Waals surface area contributed by atoms with Crippen LogP contribution in [0.3, 0.4) is 0 Å². The van der Waals surface area contributed by atoms with Gasteiger partial charge >= 0.3 is 19.5 Å². The highest BCUT2D eigenvalue weighted by Gasteiger charge is 2.29. The Morgan fingerprint density at radius 2 is 1.83 bits per heavy atom. The van der Waals surface area contributed by atoms with E-state index < -0.39 is 38.3 Å². The Morgan fingerprint density at radius 3 is 2.35 bits per heavy atom. The van der Waals surface area contributed by atoms with Gasteiger partial charge < -0.3 is 28.4 Å². The molecule has 0 amide bonds. The highest BCUT2D eigenvalue weighted by molar-refractivity contribution is 7.53. The number of esters is 2. The molecule has 0 aromatic carbocycles. The first-order chi connectivity index (χ1) is 10.8. The number of carbonyl (C=O) groups excluding carboxylic acids is 2. The standard InChI is InChI=1S/C13H23O9P/c1-5-12(15)21-7-11(14)6-20-9-22-13(16)10(2)8-23(17,18-3)19-4/h5,10-11,14H,1,6-9H2,2-4H3. The fourth-order valence-electron chi connectivity index (χ4n) is 1.35. The van der Waals surface area contributed by atoms with Crippen LogP contribution in [0.5, 0.6) is 0 Å². The minimum absolute atomic E-state index is 0.126. The largest absolute Gasteiger partial charge is 0.460 e. The van der Waals surface area contributed by atoms with E-state index in [-0.39, 0.29) is 19.4 Å². The minimum Gasteiger partial charge on any atom is -0.460 e. The van der Waals surface area contributed by atoms with Crippen molar-refractivity contribution in [3.63, 3.8) is 0 Å². The van der Waals surface area contributed by atoms with Crippen LogP contribution in [0.1, 0.15) is 6.92 Å². The average molecular weight is 354 g/mol. The summed E-state index contributed by atoms with van der Waals surface area (Å²) >= 11 is 0. The first-order valence-electron chi connectivity index (χ1n) is 6.70. The van der Waals surface area contributed by atoms with Gasteiger partial charge in [-0.05, 0) is 0 Å². The molecule has 9 nitrogen and oxygen atoms in total. The lowest BCUT2D eigenvalue weighted by Gasteiger charge is -2.17. The van der Waals surface area contributed by atoms with Crippen LogP contribution in [0.4, 0.5) is 0 Å². The maximum absolute atomic E-state index is 11.9. The van der Waals surface area contributed by atoms with E-state index in [0.29, 0.717) is 0 Å². The number of hydrogen-bond donors (Lipinski definition) is 1. The maximum atomic E-state index is 11.9. The lowest BCUT2D eigenvalue weighted by molar-refractivity contribution is -0.163. The van der Waals surface area contributed by atoms with Gasteiger partial charge in [0.1, 0.15) is 12.7 Å². The fraction of sp³-hybridized carbons (Fsp3) is 0.692. The summed E-state index contributed by atoms with van der Waals surface area (Å²) in [6.07, 6.45) is -0.216. The van der Waals surface area contributed by atoms with Gasteiger partial charge in [0.05, 0.1) is 18.7 Å². The lowest BCUT2D eigenvalue weighted by Crippen LogP contribution is -2.25. The van der Waals surface area contributed by atoms with Crippen LogP contribution in [0, 0.1) is 5.92 Å². The van der Waals surface area contributed by atoms with Crippen LogP contribution in [-0.4, -0.2) is 63.5 Å². The van der Waals surface area contributed by atoms with Gasteiger partial charge in [-0.2, -0.15) is 0 Å². The molecule has 0 bridgehead atoms. The van der Waals surface area contributed by atoms with E-state index in [4.69, 9.17) is 18.5 Å². The Kier molecular flexibility index (Phi) is 10.7. The molecule has 0 radical (unpaired) electrons. The molecule has 0 spiro atoms. The van der Waals surface area contributed by atoms with Crippen LogP contribution in [-0.2, 0) is 37.4 Å². The third-order valence-corrected chi connectivity index (χ3v) is 4.74. The molecule has 0 aliphatic carbocycles. The van der Waals surface area contributed by atoms with Gasteiger partial charge in [0.15, 0.2) is 6.79 Å². The average Bonchev–Trinajstić information content (AvgIpc) is 2.55. The summed E-state index contributed by atoms with van der Waals surface area (Å²) in [5.41, 5.74) is 0. The molecule has 2 atom stereocenters. The highest BCUT2D eigenvalue weighted by atomic mass is 31.2. The molecule has 23 heavy (non-hydrogen) atoms. The quantitative estimate of drug-likeness (QED) is 0.178. The van der Waals surface area contributed by atoms with Crippen molar-refractivity contribution in [2.75, 3.05) is 40.4 Å². The number of ether oxygens (including phenoxy) is 3. The lowest BCUT2D eigenvalue weighted by atomic mass is 10.2. The Balaban J connectivity index is 3.95. The SMILES string of the molecule is C=CC(=O)OCC(O)COCOC(=O)C(C)CP(=O)(OC)OC. The van der Waals surface area contributed by atoms with Crippen molar-refractivity contribution in [3.8, 4) is 0 Å². The Bertz CT molecular complexity index is 429. The van der Waals surface area contributed by atoms with Crippen LogP contribution in [0.15, 0.2) is 12.7 Å². The predicted octanol–water partition coefficient (Wildman–Crippen LogP) is 0.716. The van der Waals surface area contributed by atoms with Crippen molar-refractivity contribution in [2.45, 2.75) is 13.0 Å². The number of rotatable bonds is 12. The van der Waals surface area contributed by atoms with E-state index in [1.54, 1.807) is 0 Å². The molecule has 134 valence electrons. The van der Waals surface area contributed by atoms with Crippen LogP contribution in [0.2, 0.25) is 0 Å². The van der Waals surface area contributed by atoms with E-state index in [1.165, 1.54) is 21.1 Å². The van der Waals surface area contributed by atoms with Crippen LogP contribution < -0.4 is 0 Å². The molecule has 2 unspecified atom stereocenters. The van der Waals surface area contributed by atoms with Gasteiger partial charge in [0.2, 0.25) is 0 Å². The van der Waals surface area contributed by atoms with Crippen molar-refractivity contribution < 1.29 is 42.5 Å². The van der Waals surface area contributed by atoms with Crippen molar-refractivity contribution in [3.05, 3.63) is 12.7 Å². The summed E-state index contributed by atoms with van der Waals surface area (Å²) in [4.78, 5) is 22.4. The van der Waals surface area contributed by atoms with E-state index in [2.05, 4.69) is 11.3 Å². The van der Waals surface area contributed by atoms with E-state index in [1.807, 2.05) is 0 Å². The van der Waals surface area contributed by atoms with E-state index in [9.17, 15) is 19.3 Å². The third kappa shape index (κ3) is 9.47. The van der Waals surface area contributed by atoms with Crippen LogP contribution in [0.25, 0.3) is 0 Å². The molecule has 0 saturated heterocycles. The number of hydrogen-bond acceptors (Lipinski definition) is 9. The molecule has 0 aromatic rings. The predicted molar refractivity (Wildman–Crippen MR) is 79.7 cm³/mol. The molecule has 0 aromatic heterocycles. The monoisotopic (exact) mass is 354 g/mol. The first kappa shape index (κ1) is 21.8. The van der Waals surface area contributed by atoms with Crippen molar-refractivity contribution in [1.29, 1.82) is 0 Å². The number of aliphatic hydroxyl groups is 1. The summed E-state index contributed by atoms with van der Waals surface area (Å²) in [5.74, 6) is -2.03. The topological polar surface area (TPSA) is 118 Å². The van der Waals surface area contributed by atoms with Gasteiger partial charge in [-0.15, -0.1) is 0 Å². The molecule has 10 heteroatoms. The Labute approximate surface area is 135 Å². The summed E-state index contributed by atoms with van der Waals surface area (Å²) in [6, 6.07) is 0. The van der Waals surface area contributed by atoms with Crippen LogP contribution >= 0.6 is 7.60 Å². The molecule has 0 aliphatic rings. The van der Waals surface area contributed by atoms with Crippen molar-refractivity contribution >= 4 is 19.5 Å². The van der Waals surface area contributed by atoms with Crippen molar-refractivity contribution in [1.82, 2.24) is 0 Å².